The zero-order chi connectivity index (χ0) is 20.8. The van der Waals surface area contributed by atoms with Crippen molar-refractivity contribution in [2.75, 3.05) is 13.2 Å². The van der Waals surface area contributed by atoms with Crippen LogP contribution in [0.2, 0.25) is 0 Å². The van der Waals surface area contributed by atoms with Gasteiger partial charge in [0.15, 0.2) is 0 Å². The number of hydrogen-bond donors (Lipinski definition) is 2. The van der Waals surface area contributed by atoms with E-state index in [9.17, 15) is 9.59 Å². The number of rotatable bonds is 5. The van der Waals surface area contributed by atoms with Crippen LogP contribution in [0.5, 0.6) is 0 Å². The molecule has 2 aliphatic rings. The second-order valence-electron chi connectivity index (χ2n) is 8.17. The van der Waals surface area contributed by atoms with Crippen LogP contribution in [-0.2, 0) is 19.7 Å². The van der Waals surface area contributed by atoms with Crippen LogP contribution >= 0.6 is 0 Å². The first-order chi connectivity index (χ1) is 13.8. The molecule has 0 saturated carbocycles. The van der Waals surface area contributed by atoms with Crippen molar-refractivity contribution in [3.05, 3.63) is 53.9 Å². The first-order valence-corrected chi connectivity index (χ1v) is 10.1. The number of aromatic amines is 1. The van der Waals surface area contributed by atoms with Gasteiger partial charge in [-0.25, -0.2) is 0 Å². The molecule has 3 heterocycles. The third kappa shape index (κ3) is 2.90. The topological polar surface area (TPSA) is 74.4 Å². The summed E-state index contributed by atoms with van der Waals surface area (Å²) in [6, 6.07) is 7.94. The molecule has 6 heteroatoms. The van der Waals surface area contributed by atoms with E-state index in [1.54, 1.807) is 11.0 Å². The van der Waals surface area contributed by atoms with E-state index < -0.39 is 5.72 Å². The SMILES string of the molecule is C=CC(C)(C)c1[nH]c2ccccc2c1/C=C1\NC(=O)[C@]2(OCC)CCCN2C1=O. The molecule has 4 rings (SSSR count). The molecule has 2 saturated heterocycles. The summed E-state index contributed by atoms with van der Waals surface area (Å²) >= 11 is 0. The minimum absolute atomic E-state index is 0.205. The summed E-state index contributed by atoms with van der Waals surface area (Å²) in [4.78, 5) is 31.3. The maximum atomic E-state index is 13.3. The lowest BCUT2D eigenvalue weighted by Gasteiger charge is -2.40. The van der Waals surface area contributed by atoms with Gasteiger partial charge >= 0.3 is 0 Å². The third-order valence-electron chi connectivity index (χ3n) is 5.98. The predicted octanol–water partition coefficient (Wildman–Crippen LogP) is 3.46. The van der Waals surface area contributed by atoms with E-state index in [1.165, 1.54) is 0 Å². The molecule has 152 valence electrons. The molecule has 0 spiro atoms. The first kappa shape index (κ1) is 19.5. The van der Waals surface area contributed by atoms with E-state index in [0.717, 1.165) is 28.6 Å². The Morgan fingerprint density at radius 1 is 1.31 bits per heavy atom. The summed E-state index contributed by atoms with van der Waals surface area (Å²) in [7, 11) is 0. The molecule has 0 bridgehead atoms. The minimum Gasteiger partial charge on any atom is -0.357 e. The monoisotopic (exact) mass is 393 g/mol. The molecule has 2 amide bonds. The van der Waals surface area contributed by atoms with Crippen molar-refractivity contribution < 1.29 is 14.3 Å². The Kier molecular flexibility index (Phi) is 4.62. The number of H-pyrrole nitrogens is 1. The summed E-state index contributed by atoms with van der Waals surface area (Å²) in [5, 5.41) is 3.82. The number of nitrogens with one attached hydrogen (secondary N) is 2. The van der Waals surface area contributed by atoms with Crippen LogP contribution in [0.15, 0.2) is 42.6 Å². The number of nitrogens with zero attached hydrogens (tertiary/aromatic N) is 1. The number of aromatic nitrogens is 1. The van der Waals surface area contributed by atoms with Crippen molar-refractivity contribution in [1.82, 2.24) is 15.2 Å². The Morgan fingerprint density at radius 2 is 2.07 bits per heavy atom. The molecule has 0 radical (unpaired) electrons. The number of amides is 2. The first-order valence-electron chi connectivity index (χ1n) is 10.1. The second kappa shape index (κ2) is 6.88. The number of hydrogen-bond acceptors (Lipinski definition) is 3. The summed E-state index contributed by atoms with van der Waals surface area (Å²) in [6.45, 7) is 10.8. The van der Waals surface area contributed by atoms with Crippen molar-refractivity contribution in [2.24, 2.45) is 0 Å². The quantitative estimate of drug-likeness (QED) is 0.603. The zero-order valence-corrected chi connectivity index (χ0v) is 17.2. The summed E-state index contributed by atoms with van der Waals surface area (Å²) < 4.78 is 5.77. The van der Waals surface area contributed by atoms with Gasteiger partial charge in [0.1, 0.15) is 5.70 Å². The van der Waals surface area contributed by atoms with Crippen LogP contribution in [0.4, 0.5) is 0 Å². The molecule has 6 nitrogen and oxygen atoms in total. The van der Waals surface area contributed by atoms with Crippen LogP contribution in [0, 0.1) is 0 Å². The summed E-state index contributed by atoms with van der Waals surface area (Å²) in [5.74, 6) is -0.477. The second-order valence-corrected chi connectivity index (χ2v) is 8.17. The van der Waals surface area contributed by atoms with Crippen LogP contribution in [0.3, 0.4) is 0 Å². The molecule has 29 heavy (non-hydrogen) atoms. The average Bonchev–Trinajstić information content (AvgIpc) is 3.30. The summed E-state index contributed by atoms with van der Waals surface area (Å²) in [6.07, 6.45) is 4.93. The van der Waals surface area contributed by atoms with E-state index in [0.29, 0.717) is 19.6 Å². The molecule has 2 fully saturated rings. The highest BCUT2D eigenvalue weighted by molar-refractivity contribution is 6.10. The van der Waals surface area contributed by atoms with E-state index in [-0.39, 0.29) is 22.9 Å². The smallest absolute Gasteiger partial charge is 0.278 e. The Labute approximate surface area is 170 Å². The van der Waals surface area contributed by atoms with Crippen LogP contribution in [-0.4, -0.2) is 40.6 Å². The molecule has 0 unspecified atom stereocenters. The van der Waals surface area contributed by atoms with E-state index in [2.05, 4.69) is 30.7 Å². The molecule has 1 aromatic heterocycles. The number of ether oxygens (including phenoxy) is 1. The number of benzene rings is 1. The van der Waals surface area contributed by atoms with Crippen molar-refractivity contribution in [3.8, 4) is 0 Å². The number of carbonyl (C=O) groups is 2. The molecule has 1 atom stereocenters. The van der Waals surface area contributed by atoms with E-state index in [1.807, 2.05) is 37.3 Å². The molecule has 2 aliphatic heterocycles. The fourth-order valence-electron chi connectivity index (χ4n) is 4.33. The van der Waals surface area contributed by atoms with Gasteiger partial charge in [-0.15, -0.1) is 6.58 Å². The van der Waals surface area contributed by atoms with Gasteiger partial charge in [-0.1, -0.05) is 38.1 Å². The number of piperazine rings is 1. The largest absolute Gasteiger partial charge is 0.357 e. The predicted molar refractivity (Wildman–Crippen MR) is 113 cm³/mol. The van der Waals surface area contributed by atoms with Crippen LogP contribution in [0.1, 0.15) is 44.9 Å². The fourth-order valence-corrected chi connectivity index (χ4v) is 4.33. The van der Waals surface area contributed by atoms with Crippen molar-refractivity contribution >= 4 is 28.8 Å². The van der Waals surface area contributed by atoms with Gasteiger partial charge in [0, 0.05) is 47.1 Å². The van der Waals surface area contributed by atoms with Gasteiger partial charge in [0.25, 0.3) is 11.8 Å². The van der Waals surface area contributed by atoms with E-state index >= 15 is 0 Å². The lowest BCUT2D eigenvalue weighted by atomic mass is 9.86. The van der Waals surface area contributed by atoms with Crippen molar-refractivity contribution in [3.63, 3.8) is 0 Å². The van der Waals surface area contributed by atoms with Gasteiger partial charge in [0.2, 0.25) is 5.72 Å². The Morgan fingerprint density at radius 3 is 2.79 bits per heavy atom. The van der Waals surface area contributed by atoms with Crippen LogP contribution in [0.25, 0.3) is 17.0 Å². The van der Waals surface area contributed by atoms with Gasteiger partial charge < -0.3 is 19.9 Å². The van der Waals surface area contributed by atoms with E-state index in [4.69, 9.17) is 4.74 Å². The average molecular weight is 393 g/mol. The molecule has 1 aromatic carbocycles. The molecular formula is C23H27N3O3. The number of fused-ring (bicyclic) bond motifs is 2. The molecule has 2 N–H and O–H groups in total. The third-order valence-corrected chi connectivity index (χ3v) is 5.98. The van der Waals surface area contributed by atoms with Gasteiger partial charge in [0.05, 0.1) is 0 Å². The standard InChI is InChI=1S/C23H27N3O3/c1-5-22(3,4)19-16(15-10-7-8-11-17(15)24-19)14-18-20(27)26-13-9-12-23(26,29-6-2)21(28)25-18/h5,7-8,10-11,14,24H,1,6,9,12-13H2,2-4H3,(H,25,28)/b18-14-/t23-/m1/s1. The number of para-hydroxylation sites is 1. The highest BCUT2D eigenvalue weighted by Gasteiger charge is 2.55. The lowest BCUT2D eigenvalue weighted by molar-refractivity contribution is -0.182. The van der Waals surface area contributed by atoms with Gasteiger partial charge in [-0.05, 0) is 25.5 Å². The van der Waals surface area contributed by atoms with Crippen molar-refractivity contribution in [2.45, 2.75) is 44.8 Å². The fraction of sp³-hybridized carbons (Fsp3) is 0.391. The van der Waals surface area contributed by atoms with Gasteiger partial charge in [-0.2, -0.15) is 0 Å². The molecular weight excluding hydrogens is 366 g/mol. The number of carbonyl (C=O) groups excluding carboxylic acids is 2. The Hall–Kier alpha value is -2.86. The lowest BCUT2D eigenvalue weighted by Crippen LogP contribution is -2.64. The summed E-state index contributed by atoms with van der Waals surface area (Å²) in [5.41, 5.74) is 1.58. The van der Waals surface area contributed by atoms with Gasteiger partial charge in [-0.3, -0.25) is 9.59 Å². The minimum atomic E-state index is -1.17. The molecule has 2 aromatic rings. The highest BCUT2D eigenvalue weighted by atomic mass is 16.5. The Bertz CT molecular complexity index is 1030. The Balaban J connectivity index is 1.84. The highest BCUT2D eigenvalue weighted by Crippen LogP contribution is 2.37. The molecule has 0 aliphatic carbocycles. The zero-order valence-electron chi connectivity index (χ0n) is 17.2. The number of allylic oxidation sites excluding steroid dienone is 1. The maximum absolute atomic E-state index is 13.3. The normalized spacial score (nSPS) is 23.6. The maximum Gasteiger partial charge on any atom is 0.278 e. The van der Waals surface area contributed by atoms with Crippen LogP contribution < -0.4 is 5.32 Å². The van der Waals surface area contributed by atoms with Crippen molar-refractivity contribution in [1.29, 1.82) is 0 Å².